The maximum Gasteiger partial charge on any atom is 0.321 e. The minimum absolute atomic E-state index is 0.0534. The van der Waals surface area contributed by atoms with Gasteiger partial charge in [0.05, 0.1) is 11.7 Å². The third-order valence-electron chi connectivity index (χ3n) is 5.05. The highest BCUT2D eigenvalue weighted by Crippen LogP contribution is 2.39. The van der Waals surface area contributed by atoms with Crippen LogP contribution in [-0.4, -0.2) is 39.0 Å². The second kappa shape index (κ2) is 5.86. The number of amides is 2. The predicted octanol–water partition coefficient (Wildman–Crippen LogP) is 3.54. The Morgan fingerprint density at radius 3 is 2.44 bits per heavy atom. The van der Waals surface area contributed by atoms with E-state index in [4.69, 9.17) is 0 Å². The molecule has 6 heteroatoms. The molecule has 1 saturated heterocycles. The van der Waals surface area contributed by atoms with E-state index < -0.39 is 0 Å². The zero-order valence-corrected chi connectivity index (χ0v) is 15.1. The number of urea groups is 1. The summed E-state index contributed by atoms with van der Waals surface area (Å²) in [6.07, 6.45) is 4.50. The number of nitrogens with one attached hydrogen (secondary N) is 1. The largest absolute Gasteiger partial charge is 0.321 e. The fourth-order valence-corrected chi connectivity index (χ4v) is 3.08. The summed E-state index contributed by atoms with van der Waals surface area (Å²) >= 11 is 0. The third-order valence-corrected chi connectivity index (χ3v) is 5.05. The van der Waals surface area contributed by atoms with Crippen LogP contribution in [0.15, 0.2) is 30.5 Å². The van der Waals surface area contributed by atoms with Crippen molar-refractivity contribution in [2.45, 2.75) is 51.0 Å². The molecule has 0 bridgehead atoms. The molecule has 1 aliphatic heterocycles. The average molecular weight is 339 g/mol. The van der Waals surface area contributed by atoms with Crippen molar-refractivity contribution in [2.24, 2.45) is 0 Å². The maximum atomic E-state index is 12.3. The highest BCUT2D eigenvalue weighted by atomic mass is 16.2. The lowest BCUT2D eigenvalue weighted by Gasteiger charge is -2.38. The molecule has 1 aromatic heterocycles. The number of hydrogen-bond donors (Lipinski definition) is 1. The molecule has 2 aliphatic rings. The molecular formula is C19H25N5O. The summed E-state index contributed by atoms with van der Waals surface area (Å²) < 4.78 is 1.91. The van der Waals surface area contributed by atoms with Crippen LogP contribution in [0.5, 0.6) is 0 Å². The van der Waals surface area contributed by atoms with Gasteiger partial charge in [-0.25, -0.2) is 9.48 Å². The van der Waals surface area contributed by atoms with Crippen LogP contribution in [0.2, 0.25) is 0 Å². The number of benzene rings is 1. The van der Waals surface area contributed by atoms with Crippen LogP contribution in [0.25, 0.3) is 0 Å². The van der Waals surface area contributed by atoms with Gasteiger partial charge in [0.1, 0.15) is 0 Å². The lowest BCUT2D eigenvalue weighted by atomic mass is 9.87. The molecule has 0 radical (unpaired) electrons. The van der Waals surface area contributed by atoms with Gasteiger partial charge in [-0.1, -0.05) is 38.1 Å². The van der Waals surface area contributed by atoms with Crippen molar-refractivity contribution in [3.05, 3.63) is 41.7 Å². The Morgan fingerprint density at radius 1 is 1.16 bits per heavy atom. The van der Waals surface area contributed by atoms with Crippen molar-refractivity contribution in [1.29, 1.82) is 0 Å². The van der Waals surface area contributed by atoms with Crippen LogP contribution >= 0.6 is 0 Å². The molecule has 2 fully saturated rings. The van der Waals surface area contributed by atoms with E-state index in [0.29, 0.717) is 19.0 Å². The Morgan fingerprint density at radius 2 is 1.84 bits per heavy atom. The Hall–Kier alpha value is -2.37. The first-order chi connectivity index (χ1) is 11.9. The smallest absolute Gasteiger partial charge is 0.320 e. The quantitative estimate of drug-likeness (QED) is 0.930. The number of rotatable bonds is 3. The number of anilines is 1. The Balaban J connectivity index is 1.30. The van der Waals surface area contributed by atoms with Gasteiger partial charge < -0.3 is 10.2 Å². The first kappa shape index (κ1) is 16.1. The van der Waals surface area contributed by atoms with Gasteiger partial charge in [-0.15, -0.1) is 5.10 Å². The number of aromatic nitrogens is 3. The van der Waals surface area contributed by atoms with E-state index in [-0.39, 0.29) is 17.5 Å². The van der Waals surface area contributed by atoms with Crippen LogP contribution in [0, 0.1) is 0 Å². The van der Waals surface area contributed by atoms with Crippen LogP contribution in [0.3, 0.4) is 0 Å². The highest BCUT2D eigenvalue weighted by Gasteiger charge is 2.34. The fraction of sp³-hybridized carbons (Fsp3) is 0.526. The summed E-state index contributed by atoms with van der Waals surface area (Å²) in [6, 6.07) is 8.27. The average Bonchev–Trinajstić information content (AvgIpc) is 3.25. The van der Waals surface area contributed by atoms with Gasteiger partial charge in [-0.3, -0.25) is 0 Å². The number of carbonyl (C=O) groups is 1. The molecule has 132 valence electrons. The standard InChI is InChI=1S/C19H25N5O/c1-19(2,3)14-6-8-15(9-7-14)20-18(25)23-10-16(11-23)24-12-17(21-22-24)13-4-5-13/h6-9,12-13,16H,4-5,10-11H2,1-3H3,(H,20,25). The summed E-state index contributed by atoms with van der Waals surface area (Å²) in [7, 11) is 0. The SMILES string of the molecule is CC(C)(C)c1ccc(NC(=O)N2CC(n3cc(C4CC4)nn3)C2)cc1. The molecule has 0 spiro atoms. The van der Waals surface area contributed by atoms with E-state index in [0.717, 1.165) is 11.4 Å². The van der Waals surface area contributed by atoms with Crippen molar-refractivity contribution in [2.75, 3.05) is 18.4 Å². The lowest BCUT2D eigenvalue weighted by Crippen LogP contribution is -2.52. The van der Waals surface area contributed by atoms with E-state index in [1.807, 2.05) is 23.0 Å². The molecule has 4 rings (SSSR count). The number of likely N-dealkylation sites (tertiary alicyclic amines) is 1. The number of carbonyl (C=O) groups excluding carboxylic acids is 1. The Labute approximate surface area is 148 Å². The first-order valence-electron chi connectivity index (χ1n) is 8.98. The van der Waals surface area contributed by atoms with Gasteiger partial charge >= 0.3 is 6.03 Å². The van der Waals surface area contributed by atoms with Crippen LogP contribution in [-0.2, 0) is 5.41 Å². The maximum absolute atomic E-state index is 12.3. The van der Waals surface area contributed by atoms with Crippen molar-refractivity contribution < 1.29 is 4.79 Å². The molecule has 0 unspecified atom stereocenters. The zero-order valence-electron chi connectivity index (χ0n) is 15.1. The number of hydrogen-bond acceptors (Lipinski definition) is 3. The van der Waals surface area contributed by atoms with Crippen molar-refractivity contribution in [3.8, 4) is 0 Å². The van der Waals surface area contributed by atoms with E-state index in [1.54, 1.807) is 4.90 Å². The van der Waals surface area contributed by atoms with Crippen molar-refractivity contribution in [3.63, 3.8) is 0 Å². The topological polar surface area (TPSA) is 63.1 Å². The zero-order chi connectivity index (χ0) is 17.6. The summed E-state index contributed by atoms with van der Waals surface area (Å²) in [6.45, 7) is 7.90. The van der Waals surface area contributed by atoms with Crippen LogP contribution in [0.1, 0.15) is 56.8 Å². The van der Waals surface area contributed by atoms with Crippen molar-refractivity contribution >= 4 is 11.7 Å². The molecule has 0 atom stereocenters. The molecule has 2 aromatic rings. The van der Waals surface area contributed by atoms with Crippen LogP contribution < -0.4 is 5.32 Å². The summed E-state index contributed by atoms with van der Waals surface area (Å²) in [5, 5.41) is 11.4. The number of nitrogens with zero attached hydrogens (tertiary/aromatic N) is 4. The second-order valence-electron chi connectivity index (χ2n) is 8.21. The second-order valence-corrected chi connectivity index (χ2v) is 8.21. The molecule has 1 saturated carbocycles. The molecule has 2 amide bonds. The monoisotopic (exact) mass is 339 g/mol. The van der Waals surface area contributed by atoms with Crippen LogP contribution in [0.4, 0.5) is 10.5 Å². The van der Waals surface area contributed by atoms with Gasteiger partial charge in [-0.2, -0.15) is 0 Å². The highest BCUT2D eigenvalue weighted by molar-refractivity contribution is 5.89. The molecule has 6 nitrogen and oxygen atoms in total. The van der Waals surface area contributed by atoms with Gasteiger partial charge in [0.15, 0.2) is 0 Å². The Bertz CT molecular complexity index is 764. The summed E-state index contributed by atoms with van der Waals surface area (Å²) in [5.74, 6) is 0.615. The molecular weight excluding hydrogens is 314 g/mol. The predicted molar refractivity (Wildman–Crippen MR) is 96.8 cm³/mol. The summed E-state index contributed by atoms with van der Waals surface area (Å²) in [4.78, 5) is 14.2. The first-order valence-corrected chi connectivity index (χ1v) is 8.98. The minimum atomic E-state index is -0.0534. The van der Waals surface area contributed by atoms with E-state index in [9.17, 15) is 4.79 Å². The lowest BCUT2D eigenvalue weighted by molar-refractivity contribution is 0.127. The molecule has 25 heavy (non-hydrogen) atoms. The minimum Gasteiger partial charge on any atom is -0.320 e. The van der Waals surface area contributed by atoms with Gasteiger partial charge in [0.2, 0.25) is 0 Å². The fourth-order valence-electron chi connectivity index (χ4n) is 3.08. The van der Waals surface area contributed by atoms with E-state index in [2.05, 4.69) is 48.5 Å². The van der Waals surface area contributed by atoms with Gasteiger partial charge in [-0.05, 0) is 36.0 Å². The molecule has 1 N–H and O–H groups in total. The van der Waals surface area contributed by atoms with Crippen molar-refractivity contribution in [1.82, 2.24) is 19.9 Å². The van der Waals surface area contributed by atoms with Gasteiger partial charge in [0, 0.05) is 30.9 Å². The molecule has 1 aromatic carbocycles. The van der Waals surface area contributed by atoms with E-state index in [1.165, 1.54) is 18.4 Å². The summed E-state index contributed by atoms with van der Waals surface area (Å²) in [5.41, 5.74) is 3.30. The Kier molecular flexibility index (Phi) is 3.78. The normalized spacial score (nSPS) is 18.1. The molecule has 1 aliphatic carbocycles. The molecule has 2 heterocycles. The third kappa shape index (κ3) is 3.38. The van der Waals surface area contributed by atoms with Gasteiger partial charge in [0.25, 0.3) is 0 Å². The van der Waals surface area contributed by atoms with E-state index >= 15 is 0 Å².